The van der Waals surface area contributed by atoms with Gasteiger partial charge in [-0.1, -0.05) is 6.08 Å². The molecule has 0 heterocycles. The number of aliphatic hydroxyl groups excluding tert-OH is 2. The van der Waals surface area contributed by atoms with Crippen molar-refractivity contribution in [3.05, 3.63) is 12.7 Å². The SMILES string of the molecule is C=CC(O)CC(O)CC(=O)O.[CaH2]. The van der Waals surface area contributed by atoms with Gasteiger partial charge < -0.3 is 15.3 Å². The zero-order valence-corrected chi connectivity index (χ0v) is 6.10. The molecule has 4 nitrogen and oxygen atoms in total. The van der Waals surface area contributed by atoms with E-state index in [0.29, 0.717) is 0 Å². The first kappa shape index (κ1) is 14.9. The molecular formula is C7H14CaO4. The van der Waals surface area contributed by atoms with Crippen LogP contribution < -0.4 is 0 Å². The molecule has 0 saturated carbocycles. The van der Waals surface area contributed by atoms with E-state index in [1.807, 2.05) is 0 Å². The molecule has 0 amide bonds. The molecular weight excluding hydrogens is 188 g/mol. The number of aliphatic carboxylic acids is 1. The predicted octanol–water partition coefficient (Wildman–Crippen LogP) is -1.16. The van der Waals surface area contributed by atoms with Crippen LogP contribution in [0.2, 0.25) is 0 Å². The quantitative estimate of drug-likeness (QED) is 0.388. The third-order valence-electron chi connectivity index (χ3n) is 1.20. The molecule has 12 heavy (non-hydrogen) atoms. The van der Waals surface area contributed by atoms with Crippen LogP contribution in [0.4, 0.5) is 0 Å². The van der Waals surface area contributed by atoms with E-state index in [9.17, 15) is 4.79 Å². The summed E-state index contributed by atoms with van der Waals surface area (Å²) in [6.45, 7) is 3.28. The molecule has 0 bridgehead atoms. The van der Waals surface area contributed by atoms with E-state index in [0.717, 1.165) is 0 Å². The Hall–Kier alpha value is 0.390. The third-order valence-corrected chi connectivity index (χ3v) is 1.20. The van der Waals surface area contributed by atoms with Gasteiger partial charge in [0.2, 0.25) is 0 Å². The van der Waals surface area contributed by atoms with Crippen LogP contribution in [0.1, 0.15) is 12.8 Å². The zero-order valence-electron chi connectivity index (χ0n) is 6.10. The van der Waals surface area contributed by atoms with Crippen LogP contribution in [0.5, 0.6) is 0 Å². The Morgan fingerprint density at radius 2 is 2.00 bits per heavy atom. The third kappa shape index (κ3) is 8.49. The van der Waals surface area contributed by atoms with Crippen LogP contribution in [0.25, 0.3) is 0 Å². The Balaban J connectivity index is 0. The molecule has 0 radical (unpaired) electrons. The van der Waals surface area contributed by atoms with Crippen molar-refractivity contribution in [1.29, 1.82) is 0 Å². The summed E-state index contributed by atoms with van der Waals surface area (Å²) in [6.07, 6.45) is -0.893. The van der Waals surface area contributed by atoms with E-state index in [1.165, 1.54) is 6.08 Å². The number of rotatable bonds is 5. The van der Waals surface area contributed by atoms with Crippen LogP contribution in [0, 0.1) is 0 Å². The molecule has 0 aromatic rings. The molecule has 68 valence electrons. The van der Waals surface area contributed by atoms with E-state index >= 15 is 0 Å². The molecule has 2 atom stereocenters. The average Bonchev–Trinajstić information content (AvgIpc) is 1.85. The van der Waals surface area contributed by atoms with Gasteiger partial charge in [-0.25, -0.2) is 0 Å². The van der Waals surface area contributed by atoms with Crippen LogP contribution in [-0.2, 0) is 4.79 Å². The van der Waals surface area contributed by atoms with Gasteiger partial charge in [-0.05, 0) is 0 Å². The van der Waals surface area contributed by atoms with Crippen molar-refractivity contribution in [2.75, 3.05) is 0 Å². The summed E-state index contributed by atoms with van der Waals surface area (Å²) in [5, 5.41) is 26.0. The fourth-order valence-corrected chi connectivity index (χ4v) is 0.660. The van der Waals surface area contributed by atoms with Crippen molar-refractivity contribution in [3.8, 4) is 0 Å². The average molecular weight is 202 g/mol. The molecule has 3 N–H and O–H groups in total. The molecule has 2 unspecified atom stereocenters. The van der Waals surface area contributed by atoms with Gasteiger partial charge in [-0.15, -0.1) is 6.58 Å². The minimum atomic E-state index is -1.08. The zero-order chi connectivity index (χ0) is 8.85. The summed E-state index contributed by atoms with van der Waals surface area (Å²) in [5.74, 6) is -1.08. The number of carboxylic acid groups (broad SMARTS) is 1. The fraction of sp³-hybridized carbons (Fsp3) is 0.571. The van der Waals surface area contributed by atoms with E-state index in [-0.39, 0.29) is 50.6 Å². The van der Waals surface area contributed by atoms with Gasteiger partial charge in [-0.3, -0.25) is 4.79 Å². The van der Waals surface area contributed by atoms with E-state index in [4.69, 9.17) is 15.3 Å². The van der Waals surface area contributed by atoms with Gasteiger partial charge in [-0.2, -0.15) is 0 Å². The summed E-state index contributed by atoms with van der Waals surface area (Å²) >= 11 is 0. The second kappa shape index (κ2) is 8.01. The molecule has 0 rings (SSSR count). The summed E-state index contributed by atoms with van der Waals surface area (Å²) in [6, 6.07) is 0. The number of carboxylic acids is 1. The van der Waals surface area contributed by atoms with Crippen molar-refractivity contribution in [3.63, 3.8) is 0 Å². The Bertz CT molecular complexity index is 148. The van der Waals surface area contributed by atoms with Gasteiger partial charge in [0.15, 0.2) is 0 Å². The number of hydrogen-bond acceptors (Lipinski definition) is 3. The van der Waals surface area contributed by atoms with Crippen LogP contribution in [0.3, 0.4) is 0 Å². The molecule has 5 heteroatoms. The second-order valence-electron chi connectivity index (χ2n) is 2.29. The first-order valence-electron chi connectivity index (χ1n) is 3.26. The topological polar surface area (TPSA) is 77.8 Å². The fourth-order valence-electron chi connectivity index (χ4n) is 0.660. The van der Waals surface area contributed by atoms with Crippen molar-refractivity contribution >= 4 is 43.7 Å². The minimum absolute atomic E-state index is 0. The molecule has 0 spiro atoms. The van der Waals surface area contributed by atoms with Crippen molar-refractivity contribution < 1.29 is 20.1 Å². The monoisotopic (exact) mass is 202 g/mol. The van der Waals surface area contributed by atoms with Gasteiger partial charge in [0.1, 0.15) is 0 Å². The molecule has 0 aliphatic heterocycles. The molecule has 0 saturated heterocycles. The molecule has 0 aromatic heterocycles. The number of hydrogen-bond donors (Lipinski definition) is 3. The summed E-state index contributed by atoms with van der Waals surface area (Å²) in [5.41, 5.74) is 0. The molecule has 0 aliphatic carbocycles. The standard InChI is InChI=1S/C7H12O4.Ca.2H/c1-2-5(8)3-6(9)4-7(10)11;;;/h2,5-6,8-9H,1,3-4H2,(H,10,11);;;. The van der Waals surface area contributed by atoms with E-state index < -0.39 is 18.2 Å². The summed E-state index contributed by atoms with van der Waals surface area (Å²) < 4.78 is 0. The maximum atomic E-state index is 10.0. The van der Waals surface area contributed by atoms with Crippen LogP contribution in [-0.4, -0.2) is 71.2 Å². The Labute approximate surface area is 101 Å². The summed E-state index contributed by atoms with van der Waals surface area (Å²) in [7, 11) is 0. The van der Waals surface area contributed by atoms with Gasteiger partial charge in [0.25, 0.3) is 0 Å². The Kier molecular flexibility index (Phi) is 9.94. The Morgan fingerprint density at radius 3 is 2.33 bits per heavy atom. The van der Waals surface area contributed by atoms with Crippen LogP contribution >= 0.6 is 0 Å². The maximum absolute atomic E-state index is 10.0. The van der Waals surface area contributed by atoms with Crippen LogP contribution in [0.15, 0.2) is 12.7 Å². The first-order chi connectivity index (χ1) is 5.06. The van der Waals surface area contributed by atoms with Gasteiger partial charge in [0, 0.05) is 6.42 Å². The normalized spacial score (nSPS) is 14.2. The van der Waals surface area contributed by atoms with E-state index in [2.05, 4.69) is 6.58 Å². The number of aliphatic hydroxyl groups is 2. The molecule has 0 aromatic carbocycles. The number of carbonyl (C=O) groups is 1. The second-order valence-corrected chi connectivity index (χ2v) is 2.29. The van der Waals surface area contributed by atoms with Crippen molar-refractivity contribution in [2.45, 2.75) is 25.0 Å². The summed E-state index contributed by atoms with van der Waals surface area (Å²) in [4.78, 5) is 10.0. The van der Waals surface area contributed by atoms with Crippen molar-refractivity contribution in [1.82, 2.24) is 0 Å². The Morgan fingerprint density at radius 1 is 1.50 bits per heavy atom. The van der Waals surface area contributed by atoms with Gasteiger partial charge in [0.05, 0.1) is 18.6 Å². The van der Waals surface area contributed by atoms with E-state index in [1.54, 1.807) is 0 Å². The predicted molar refractivity (Wildman–Crippen MR) is 47.6 cm³/mol. The molecule has 0 aliphatic rings. The molecule has 0 fully saturated rings. The first-order valence-corrected chi connectivity index (χ1v) is 3.26. The van der Waals surface area contributed by atoms with Crippen molar-refractivity contribution in [2.24, 2.45) is 0 Å². The van der Waals surface area contributed by atoms with Gasteiger partial charge >= 0.3 is 43.7 Å².